The van der Waals surface area contributed by atoms with Crippen molar-refractivity contribution in [1.29, 1.82) is 0 Å². The number of rotatable bonds is 4. The van der Waals surface area contributed by atoms with E-state index in [1.165, 1.54) is 23.5 Å². The van der Waals surface area contributed by atoms with Gasteiger partial charge in [-0.25, -0.2) is 4.98 Å². The predicted octanol–water partition coefficient (Wildman–Crippen LogP) is 5.16. The lowest BCUT2D eigenvalue weighted by Gasteiger charge is -2.12. The zero-order valence-electron chi connectivity index (χ0n) is 13.2. The number of thiazole rings is 1. The molecule has 0 N–H and O–H groups in total. The van der Waals surface area contributed by atoms with E-state index in [9.17, 15) is 18.0 Å². The molecule has 0 aliphatic carbocycles. The van der Waals surface area contributed by atoms with Gasteiger partial charge in [-0.2, -0.15) is 13.2 Å². The number of halogens is 3. The number of para-hydroxylation sites is 1. The molecule has 2 aromatic carbocycles. The number of esters is 1. The van der Waals surface area contributed by atoms with Crippen LogP contribution in [0.4, 0.5) is 13.2 Å². The summed E-state index contributed by atoms with van der Waals surface area (Å²) < 4.78 is 44.5. The molecule has 0 bridgehead atoms. The van der Waals surface area contributed by atoms with Gasteiger partial charge in [0.2, 0.25) is 0 Å². The topological polar surface area (TPSA) is 39.2 Å². The number of alkyl halides is 3. The normalized spacial score (nSPS) is 13.0. The van der Waals surface area contributed by atoms with Gasteiger partial charge in [0.05, 0.1) is 22.2 Å². The molecule has 3 aromatic rings. The Kier molecular flexibility index (Phi) is 4.76. The highest BCUT2D eigenvalue weighted by atomic mass is 32.1. The van der Waals surface area contributed by atoms with Crippen LogP contribution in [0.3, 0.4) is 0 Å². The summed E-state index contributed by atoms with van der Waals surface area (Å²) in [5.41, 5.74) is 0.302. The lowest BCUT2D eigenvalue weighted by Crippen LogP contribution is -2.12. The number of ether oxygens (including phenoxy) is 1. The summed E-state index contributed by atoms with van der Waals surface area (Å²) in [7, 11) is 0. The molecule has 25 heavy (non-hydrogen) atoms. The van der Waals surface area contributed by atoms with E-state index in [4.69, 9.17) is 4.74 Å². The lowest BCUT2D eigenvalue weighted by molar-refractivity contribution is -0.148. The third-order valence-electron chi connectivity index (χ3n) is 3.57. The van der Waals surface area contributed by atoms with Gasteiger partial charge in [-0.3, -0.25) is 4.79 Å². The molecule has 0 saturated carbocycles. The van der Waals surface area contributed by atoms with Crippen LogP contribution in [0, 0.1) is 0 Å². The van der Waals surface area contributed by atoms with Gasteiger partial charge in [-0.05, 0) is 30.7 Å². The smallest absolute Gasteiger partial charge is 0.416 e. The van der Waals surface area contributed by atoms with Crippen molar-refractivity contribution in [3.05, 3.63) is 64.7 Å². The maximum atomic E-state index is 12.7. The standard InChI is InChI=1S/C18H14F3NO2S/c1-11(17-22-14-7-2-3-8-15(14)25-17)24-16(23)10-12-5-4-6-13(9-12)18(19,20)21/h2-9,11H,10H2,1H3/t11-/m1/s1. The molecule has 1 heterocycles. The number of benzene rings is 2. The van der Waals surface area contributed by atoms with E-state index in [2.05, 4.69) is 4.98 Å². The Balaban J connectivity index is 1.68. The fraction of sp³-hybridized carbons (Fsp3) is 0.222. The van der Waals surface area contributed by atoms with Crippen molar-refractivity contribution in [2.75, 3.05) is 0 Å². The maximum Gasteiger partial charge on any atom is 0.416 e. The van der Waals surface area contributed by atoms with Crippen molar-refractivity contribution >= 4 is 27.5 Å². The van der Waals surface area contributed by atoms with E-state index in [0.717, 1.165) is 22.3 Å². The predicted molar refractivity (Wildman–Crippen MR) is 89.3 cm³/mol. The third-order valence-corrected chi connectivity index (χ3v) is 4.77. The number of carbonyl (C=O) groups is 1. The molecule has 0 fully saturated rings. The number of hydrogen-bond acceptors (Lipinski definition) is 4. The summed E-state index contributed by atoms with van der Waals surface area (Å²) in [4.78, 5) is 16.5. The Morgan fingerprint density at radius 3 is 2.68 bits per heavy atom. The molecular formula is C18H14F3NO2S. The van der Waals surface area contributed by atoms with Crippen LogP contribution >= 0.6 is 11.3 Å². The quantitative estimate of drug-likeness (QED) is 0.600. The Morgan fingerprint density at radius 2 is 1.96 bits per heavy atom. The van der Waals surface area contributed by atoms with Crippen molar-refractivity contribution in [2.24, 2.45) is 0 Å². The van der Waals surface area contributed by atoms with E-state index in [0.29, 0.717) is 5.01 Å². The number of hydrogen-bond donors (Lipinski definition) is 0. The number of aromatic nitrogens is 1. The van der Waals surface area contributed by atoms with Crippen LogP contribution in [-0.2, 0) is 22.1 Å². The summed E-state index contributed by atoms with van der Waals surface area (Å²) in [5, 5.41) is 0.651. The summed E-state index contributed by atoms with van der Waals surface area (Å²) in [6, 6.07) is 12.2. The first-order valence-electron chi connectivity index (χ1n) is 7.54. The zero-order chi connectivity index (χ0) is 18.0. The molecule has 0 amide bonds. The summed E-state index contributed by atoms with van der Waals surface area (Å²) in [6.45, 7) is 1.70. The van der Waals surface area contributed by atoms with Gasteiger partial charge in [0.1, 0.15) is 5.01 Å². The minimum Gasteiger partial charge on any atom is -0.455 e. The first-order chi connectivity index (χ1) is 11.8. The summed E-state index contributed by atoms with van der Waals surface area (Å²) in [6.07, 6.45) is -5.22. The minimum absolute atomic E-state index is 0.223. The van der Waals surface area contributed by atoms with E-state index in [-0.39, 0.29) is 12.0 Å². The minimum atomic E-state index is -4.44. The summed E-state index contributed by atoms with van der Waals surface area (Å²) >= 11 is 1.42. The van der Waals surface area contributed by atoms with E-state index in [1.807, 2.05) is 24.3 Å². The molecule has 0 radical (unpaired) electrons. The van der Waals surface area contributed by atoms with Crippen LogP contribution in [0.15, 0.2) is 48.5 Å². The first-order valence-corrected chi connectivity index (χ1v) is 8.35. The monoisotopic (exact) mass is 365 g/mol. The van der Waals surface area contributed by atoms with Crippen molar-refractivity contribution in [1.82, 2.24) is 4.98 Å². The second-order valence-electron chi connectivity index (χ2n) is 5.53. The molecule has 130 valence electrons. The zero-order valence-corrected chi connectivity index (χ0v) is 14.0. The fourth-order valence-corrected chi connectivity index (χ4v) is 3.33. The molecule has 0 spiro atoms. The van der Waals surface area contributed by atoms with Crippen molar-refractivity contribution in [3.8, 4) is 0 Å². The second-order valence-corrected chi connectivity index (χ2v) is 6.59. The Bertz CT molecular complexity index is 871. The molecule has 0 aliphatic rings. The molecule has 3 nitrogen and oxygen atoms in total. The third kappa shape index (κ3) is 4.17. The Hall–Kier alpha value is -2.41. The molecule has 7 heteroatoms. The molecule has 3 rings (SSSR count). The van der Waals surface area contributed by atoms with Crippen molar-refractivity contribution in [2.45, 2.75) is 25.6 Å². The first kappa shape index (κ1) is 17.4. The van der Waals surface area contributed by atoms with Gasteiger partial charge in [0.25, 0.3) is 0 Å². The van der Waals surface area contributed by atoms with E-state index >= 15 is 0 Å². The fourth-order valence-electron chi connectivity index (χ4n) is 2.38. The molecule has 0 saturated heterocycles. The van der Waals surface area contributed by atoms with E-state index in [1.54, 1.807) is 6.92 Å². The second kappa shape index (κ2) is 6.84. The van der Waals surface area contributed by atoms with Crippen molar-refractivity contribution in [3.63, 3.8) is 0 Å². The average Bonchev–Trinajstić information content (AvgIpc) is 2.98. The van der Waals surface area contributed by atoms with Crippen LogP contribution in [0.2, 0.25) is 0 Å². The van der Waals surface area contributed by atoms with Gasteiger partial charge >= 0.3 is 12.1 Å². The summed E-state index contributed by atoms with van der Waals surface area (Å²) in [5.74, 6) is -0.592. The van der Waals surface area contributed by atoms with Crippen LogP contribution < -0.4 is 0 Å². The molecule has 0 unspecified atom stereocenters. The highest BCUT2D eigenvalue weighted by Gasteiger charge is 2.30. The highest BCUT2D eigenvalue weighted by molar-refractivity contribution is 7.18. The van der Waals surface area contributed by atoms with Crippen LogP contribution in [-0.4, -0.2) is 11.0 Å². The van der Waals surface area contributed by atoms with Crippen molar-refractivity contribution < 1.29 is 22.7 Å². The Labute approximate surface area is 146 Å². The van der Waals surface area contributed by atoms with Gasteiger partial charge in [-0.1, -0.05) is 30.3 Å². The molecular weight excluding hydrogens is 351 g/mol. The lowest BCUT2D eigenvalue weighted by atomic mass is 10.1. The van der Waals surface area contributed by atoms with E-state index < -0.39 is 23.8 Å². The van der Waals surface area contributed by atoms with Gasteiger partial charge in [-0.15, -0.1) is 11.3 Å². The van der Waals surface area contributed by atoms with Gasteiger partial charge in [0.15, 0.2) is 6.10 Å². The SMILES string of the molecule is C[C@@H](OC(=O)Cc1cccc(C(F)(F)F)c1)c1nc2ccccc2s1. The van der Waals surface area contributed by atoms with Gasteiger partial charge in [0, 0.05) is 0 Å². The van der Waals surface area contributed by atoms with Gasteiger partial charge < -0.3 is 4.74 Å². The average molecular weight is 365 g/mol. The largest absolute Gasteiger partial charge is 0.455 e. The molecule has 0 aliphatic heterocycles. The maximum absolute atomic E-state index is 12.7. The number of carbonyl (C=O) groups excluding carboxylic acids is 1. The molecule has 1 aromatic heterocycles. The van der Waals surface area contributed by atoms with Crippen LogP contribution in [0.5, 0.6) is 0 Å². The Morgan fingerprint density at radius 1 is 1.20 bits per heavy atom. The van der Waals surface area contributed by atoms with Crippen LogP contribution in [0.1, 0.15) is 29.2 Å². The number of nitrogens with zero attached hydrogens (tertiary/aromatic N) is 1. The van der Waals surface area contributed by atoms with Crippen LogP contribution in [0.25, 0.3) is 10.2 Å². The molecule has 1 atom stereocenters. The highest BCUT2D eigenvalue weighted by Crippen LogP contribution is 2.30. The number of fused-ring (bicyclic) bond motifs is 1.